The molecular formula is C7H10N2. The Kier molecular flexibility index (Phi) is 1.21. The molecule has 1 heterocycles. The average molecular weight is 122 g/mol. The first kappa shape index (κ1) is 6.15. The Morgan fingerprint density at radius 2 is 2.11 bits per heavy atom. The highest BCUT2D eigenvalue weighted by Crippen LogP contribution is 2.09. The van der Waals surface area contributed by atoms with Crippen LogP contribution in [0.4, 0.5) is 0 Å². The number of hydrogen-bond donors (Lipinski definition) is 0. The van der Waals surface area contributed by atoms with Crippen molar-refractivity contribution in [2.45, 2.75) is 26.3 Å². The molecule has 0 radical (unpaired) electrons. The molecule has 1 rings (SSSR count). The van der Waals surface area contributed by atoms with Crippen LogP contribution in [-0.2, 0) is 5.54 Å². The molecule has 0 N–H and O–H groups in total. The van der Waals surface area contributed by atoms with E-state index in [9.17, 15) is 0 Å². The van der Waals surface area contributed by atoms with Gasteiger partial charge in [0.1, 0.15) is 6.33 Å². The zero-order valence-corrected chi connectivity index (χ0v) is 5.97. The number of nitrogens with zero attached hydrogens (tertiary/aromatic N) is 2. The second-order valence-electron chi connectivity index (χ2n) is 3.01. The second kappa shape index (κ2) is 1.77. The monoisotopic (exact) mass is 122 g/mol. The smallest absolute Gasteiger partial charge is 0.114 e. The second-order valence-corrected chi connectivity index (χ2v) is 3.01. The fourth-order valence-electron chi connectivity index (χ4n) is 0.539. The lowest BCUT2D eigenvalue weighted by atomic mass is 10.1. The van der Waals surface area contributed by atoms with E-state index in [0.717, 1.165) is 0 Å². The summed E-state index contributed by atoms with van der Waals surface area (Å²) >= 11 is 0. The van der Waals surface area contributed by atoms with E-state index < -0.39 is 0 Å². The van der Waals surface area contributed by atoms with Gasteiger partial charge in [0.05, 0.1) is 6.20 Å². The topological polar surface area (TPSA) is 17.8 Å². The van der Waals surface area contributed by atoms with Crippen molar-refractivity contribution in [2.24, 2.45) is 0 Å². The zero-order valence-electron chi connectivity index (χ0n) is 5.97. The van der Waals surface area contributed by atoms with Crippen LogP contribution < -0.4 is 0 Å². The van der Waals surface area contributed by atoms with Crippen LogP contribution in [0.15, 0.2) is 6.33 Å². The third kappa shape index (κ3) is 1.23. The quantitative estimate of drug-likeness (QED) is 0.506. The summed E-state index contributed by atoms with van der Waals surface area (Å²) in [6, 6.07) is 0. The van der Waals surface area contributed by atoms with Crippen LogP contribution in [0.2, 0.25) is 0 Å². The Hall–Kier alpha value is -0.970. The summed E-state index contributed by atoms with van der Waals surface area (Å²) in [6.45, 7) is 6.29. The van der Waals surface area contributed by atoms with Gasteiger partial charge in [-0.1, -0.05) is 0 Å². The van der Waals surface area contributed by atoms with Gasteiger partial charge in [-0.15, -0.1) is 0 Å². The van der Waals surface area contributed by atoms with Crippen molar-refractivity contribution < 1.29 is 0 Å². The fourth-order valence-corrected chi connectivity index (χ4v) is 0.539. The summed E-state index contributed by atoms with van der Waals surface area (Å²) in [6.07, 6.45) is 7.20. The lowest BCUT2D eigenvalue weighted by Crippen LogP contribution is -2.19. The lowest BCUT2D eigenvalue weighted by Gasteiger charge is -2.17. The average Bonchev–Trinajstić information content (AvgIpc) is 2.08. The molecule has 2 nitrogen and oxygen atoms in total. The zero-order chi connectivity index (χ0) is 6.91. The third-order valence-electron chi connectivity index (χ3n) is 1.13. The van der Waals surface area contributed by atoms with Crippen LogP contribution in [0.1, 0.15) is 20.8 Å². The number of aromatic nitrogens is 2. The van der Waals surface area contributed by atoms with Crippen LogP contribution in [0, 0.1) is 12.4 Å². The maximum atomic E-state index is 3.77. The molecule has 0 aliphatic rings. The van der Waals surface area contributed by atoms with E-state index in [1.807, 2.05) is 4.57 Å². The van der Waals surface area contributed by atoms with Crippen LogP contribution in [0.5, 0.6) is 0 Å². The molecular weight excluding hydrogens is 112 g/mol. The molecule has 9 heavy (non-hydrogen) atoms. The molecule has 0 atom stereocenters. The van der Waals surface area contributed by atoms with Gasteiger partial charge in [0, 0.05) is 11.7 Å². The largest absolute Gasteiger partial charge is 0.284 e. The van der Waals surface area contributed by atoms with Gasteiger partial charge in [0.15, 0.2) is 0 Å². The van der Waals surface area contributed by atoms with Gasteiger partial charge in [0.25, 0.3) is 0 Å². The highest BCUT2D eigenvalue weighted by atomic mass is 15.1. The van der Waals surface area contributed by atoms with Gasteiger partial charge in [-0.3, -0.25) is 4.57 Å². The Bertz CT molecular complexity index is 169. The Balaban J connectivity index is 2.90. The van der Waals surface area contributed by atoms with E-state index in [1.54, 1.807) is 6.33 Å². The SMILES string of the molecule is CC(C)(C)n1c#cnc1. The molecule has 0 saturated heterocycles. The maximum Gasteiger partial charge on any atom is 0.114 e. The maximum absolute atomic E-state index is 3.77. The van der Waals surface area contributed by atoms with Crippen molar-refractivity contribution in [2.75, 3.05) is 0 Å². The van der Waals surface area contributed by atoms with Crippen LogP contribution >= 0.6 is 0 Å². The first-order valence-electron chi connectivity index (χ1n) is 2.94. The van der Waals surface area contributed by atoms with Crippen LogP contribution in [0.3, 0.4) is 0 Å². The molecule has 0 spiro atoms. The summed E-state index contributed by atoms with van der Waals surface area (Å²) in [5.41, 5.74) is 0.0903. The van der Waals surface area contributed by atoms with E-state index in [4.69, 9.17) is 0 Å². The van der Waals surface area contributed by atoms with Crippen LogP contribution in [0.25, 0.3) is 0 Å². The summed E-state index contributed by atoms with van der Waals surface area (Å²) in [5, 5.41) is 0. The normalized spacial score (nSPS) is 11.0. The summed E-state index contributed by atoms with van der Waals surface area (Å²) in [4.78, 5) is 3.77. The summed E-state index contributed by atoms with van der Waals surface area (Å²) in [7, 11) is 0. The summed E-state index contributed by atoms with van der Waals surface area (Å²) < 4.78 is 1.90. The van der Waals surface area contributed by atoms with Gasteiger partial charge in [-0.05, 0) is 20.8 Å². The molecule has 0 bridgehead atoms. The van der Waals surface area contributed by atoms with Gasteiger partial charge >= 0.3 is 0 Å². The van der Waals surface area contributed by atoms with Crippen molar-refractivity contribution in [1.29, 1.82) is 0 Å². The highest BCUT2D eigenvalue weighted by Gasteiger charge is 2.10. The molecule has 48 valence electrons. The summed E-state index contributed by atoms with van der Waals surface area (Å²) in [5.74, 6) is 0. The molecule has 0 saturated carbocycles. The molecule has 2 heteroatoms. The molecule has 0 fully saturated rings. The fraction of sp³-hybridized carbons (Fsp3) is 0.571. The molecule has 1 aromatic rings. The van der Waals surface area contributed by atoms with E-state index in [1.165, 1.54) is 0 Å². The molecule has 0 aliphatic heterocycles. The van der Waals surface area contributed by atoms with Crippen molar-refractivity contribution in [3.8, 4) is 0 Å². The Morgan fingerprint density at radius 3 is 2.33 bits per heavy atom. The predicted octanol–water partition coefficient (Wildman–Crippen LogP) is 1.24. The minimum atomic E-state index is 0.0903. The lowest BCUT2D eigenvalue weighted by molar-refractivity contribution is 0.395. The van der Waals surface area contributed by atoms with Gasteiger partial charge in [0.2, 0.25) is 0 Å². The molecule has 0 aliphatic carbocycles. The highest BCUT2D eigenvalue weighted by molar-refractivity contribution is 4.74. The standard InChI is InChI=1S/C7H10N2/c1-7(2,3)9-5-4-8-6-9/h6H,1-3H3. The first-order valence-corrected chi connectivity index (χ1v) is 2.94. The van der Waals surface area contributed by atoms with Gasteiger partial charge in [-0.2, -0.15) is 4.98 Å². The van der Waals surface area contributed by atoms with Crippen LogP contribution in [-0.4, -0.2) is 9.55 Å². The first-order chi connectivity index (χ1) is 4.11. The van der Waals surface area contributed by atoms with Crippen molar-refractivity contribution in [1.82, 2.24) is 9.55 Å². The van der Waals surface area contributed by atoms with Crippen molar-refractivity contribution >= 4 is 0 Å². The minimum absolute atomic E-state index is 0.0903. The molecule has 1 aromatic heterocycles. The molecule has 0 aromatic carbocycles. The Labute approximate surface area is 55.5 Å². The number of hydrogen-bond acceptors (Lipinski definition) is 1. The van der Waals surface area contributed by atoms with Crippen molar-refractivity contribution in [3.63, 3.8) is 0 Å². The number of rotatable bonds is 0. The van der Waals surface area contributed by atoms with E-state index >= 15 is 0 Å². The molecule has 0 amide bonds. The van der Waals surface area contributed by atoms with Crippen molar-refractivity contribution in [3.05, 3.63) is 18.7 Å². The van der Waals surface area contributed by atoms with E-state index in [-0.39, 0.29) is 5.54 Å². The minimum Gasteiger partial charge on any atom is -0.284 e. The molecule has 0 unspecified atom stereocenters. The van der Waals surface area contributed by atoms with Gasteiger partial charge in [-0.25, -0.2) is 0 Å². The van der Waals surface area contributed by atoms with E-state index in [0.29, 0.717) is 0 Å². The predicted molar refractivity (Wildman–Crippen MR) is 34.9 cm³/mol. The van der Waals surface area contributed by atoms with Gasteiger partial charge < -0.3 is 0 Å². The van der Waals surface area contributed by atoms with E-state index in [2.05, 4.69) is 38.1 Å². The third-order valence-corrected chi connectivity index (χ3v) is 1.13. The Morgan fingerprint density at radius 1 is 1.44 bits per heavy atom.